The van der Waals surface area contributed by atoms with Gasteiger partial charge in [0, 0.05) is 6.07 Å². The van der Waals surface area contributed by atoms with E-state index >= 15 is 0 Å². The molecule has 1 aliphatic rings. The molecule has 0 amide bonds. The van der Waals surface area contributed by atoms with E-state index in [0.717, 1.165) is 5.56 Å². The molecule has 0 saturated heterocycles. The third-order valence-corrected chi connectivity index (χ3v) is 3.85. The maximum absolute atomic E-state index is 13.0. The number of aryl methyl sites for hydroxylation is 1. The molecule has 0 aromatic heterocycles. The van der Waals surface area contributed by atoms with Crippen LogP contribution in [-0.2, 0) is 0 Å². The molecule has 0 aliphatic carbocycles. The van der Waals surface area contributed by atoms with E-state index in [1.165, 1.54) is 17.7 Å². The molecule has 0 radical (unpaired) electrons. The lowest BCUT2D eigenvalue weighted by Crippen LogP contribution is -2.00. The third-order valence-electron chi connectivity index (χ3n) is 3.85. The molecule has 0 saturated carbocycles. The maximum Gasteiger partial charge on any atom is 0.232 e. The van der Waals surface area contributed by atoms with Crippen LogP contribution in [0.2, 0.25) is 0 Å². The van der Waals surface area contributed by atoms with Gasteiger partial charge >= 0.3 is 0 Å². The summed E-state index contributed by atoms with van der Waals surface area (Å²) in [6.07, 6.45) is 3.60. The van der Waals surface area contributed by atoms with E-state index in [1.807, 2.05) is 32.9 Å². The number of ether oxygens (including phenoxy) is 2. The van der Waals surface area contributed by atoms with Crippen LogP contribution in [0.3, 0.4) is 0 Å². The zero-order valence-electron chi connectivity index (χ0n) is 14.4. The molecule has 25 heavy (non-hydrogen) atoms. The van der Waals surface area contributed by atoms with Crippen molar-refractivity contribution in [2.75, 3.05) is 6.61 Å². The van der Waals surface area contributed by atoms with Crippen molar-refractivity contribution in [3.05, 3.63) is 76.3 Å². The second kappa shape index (κ2) is 6.93. The molecule has 1 heterocycles. The summed E-state index contributed by atoms with van der Waals surface area (Å²) >= 11 is 0. The SMILES string of the molecule is CC(C)=CCOc1cc(C)c2c(c1)O/C(=C\c1ccc(F)cc1)C2=O. The summed E-state index contributed by atoms with van der Waals surface area (Å²) in [6, 6.07) is 9.45. The predicted octanol–water partition coefficient (Wildman–Crippen LogP) is 5.10. The van der Waals surface area contributed by atoms with Crippen molar-refractivity contribution in [2.24, 2.45) is 0 Å². The van der Waals surface area contributed by atoms with Gasteiger partial charge in [0.1, 0.15) is 23.9 Å². The smallest absolute Gasteiger partial charge is 0.232 e. The number of halogens is 1. The molecule has 4 heteroatoms. The van der Waals surface area contributed by atoms with Crippen LogP contribution >= 0.6 is 0 Å². The fraction of sp³-hybridized carbons (Fsp3) is 0.190. The first-order valence-corrected chi connectivity index (χ1v) is 8.04. The summed E-state index contributed by atoms with van der Waals surface area (Å²) in [5.74, 6) is 0.882. The van der Waals surface area contributed by atoms with Crippen molar-refractivity contribution in [2.45, 2.75) is 20.8 Å². The van der Waals surface area contributed by atoms with E-state index in [4.69, 9.17) is 9.47 Å². The first-order chi connectivity index (χ1) is 11.9. The number of Topliss-reactive ketones (excluding diaryl/α,β-unsaturated/α-hetero) is 1. The first kappa shape index (κ1) is 17.0. The Labute approximate surface area is 146 Å². The van der Waals surface area contributed by atoms with Gasteiger partial charge in [-0.1, -0.05) is 17.7 Å². The van der Waals surface area contributed by atoms with Gasteiger partial charge in [-0.3, -0.25) is 4.79 Å². The van der Waals surface area contributed by atoms with Crippen LogP contribution in [0.15, 0.2) is 53.8 Å². The standard InChI is InChI=1S/C21H19FO3/c1-13(2)8-9-24-17-10-14(3)20-18(12-17)25-19(21(20)23)11-15-4-6-16(22)7-5-15/h4-8,10-12H,9H2,1-3H3/b19-11-. The van der Waals surface area contributed by atoms with Gasteiger partial charge in [0.2, 0.25) is 5.78 Å². The molecule has 3 rings (SSSR count). The van der Waals surface area contributed by atoms with Crippen LogP contribution < -0.4 is 9.47 Å². The number of hydrogen-bond donors (Lipinski definition) is 0. The van der Waals surface area contributed by atoms with E-state index in [1.54, 1.807) is 24.3 Å². The second-order valence-corrected chi connectivity index (χ2v) is 6.20. The summed E-state index contributed by atoms with van der Waals surface area (Å²) in [5, 5.41) is 0. The van der Waals surface area contributed by atoms with Gasteiger partial charge < -0.3 is 9.47 Å². The molecule has 3 nitrogen and oxygen atoms in total. The molecule has 0 fully saturated rings. The zero-order valence-corrected chi connectivity index (χ0v) is 14.4. The van der Waals surface area contributed by atoms with Gasteiger partial charge in [-0.05, 0) is 62.2 Å². The monoisotopic (exact) mass is 338 g/mol. The molecular formula is C21H19FO3. The number of carbonyl (C=O) groups is 1. The Morgan fingerprint density at radius 2 is 1.92 bits per heavy atom. The number of allylic oxidation sites excluding steroid dienone is 2. The Balaban J connectivity index is 1.86. The molecule has 0 N–H and O–H groups in total. The molecule has 0 atom stereocenters. The highest BCUT2D eigenvalue weighted by Crippen LogP contribution is 2.37. The van der Waals surface area contributed by atoms with E-state index in [-0.39, 0.29) is 17.4 Å². The molecule has 128 valence electrons. The number of rotatable bonds is 4. The van der Waals surface area contributed by atoms with E-state index in [9.17, 15) is 9.18 Å². The zero-order chi connectivity index (χ0) is 18.0. The van der Waals surface area contributed by atoms with Gasteiger partial charge in [-0.25, -0.2) is 4.39 Å². The summed E-state index contributed by atoms with van der Waals surface area (Å²) < 4.78 is 24.4. The van der Waals surface area contributed by atoms with Crippen molar-refractivity contribution >= 4 is 11.9 Å². The third kappa shape index (κ3) is 3.79. The van der Waals surface area contributed by atoms with Crippen molar-refractivity contribution in [1.29, 1.82) is 0 Å². The summed E-state index contributed by atoms with van der Waals surface area (Å²) in [6.45, 7) is 6.33. The van der Waals surface area contributed by atoms with Crippen molar-refractivity contribution < 1.29 is 18.7 Å². The van der Waals surface area contributed by atoms with E-state index in [2.05, 4.69) is 0 Å². The quantitative estimate of drug-likeness (QED) is 0.575. The minimum Gasteiger partial charge on any atom is -0.489 e. The number of carbonyl (C=O) groups excluding carboxylic acids is 1. The first-order valence-electron chi connectivity index (χ1n) is 8.04. The highest BCUT2D eigenvalue weighted by Gasteiger charge is 2.29. The molecular weight excluding hydrogens is 319 g/mol. The van der Waals surface area contributed by atoms with Crippen molar-refractivity contribution in [3.63, 3.8) is 0 Å². The van der Waals surface area contributed by atoms with Gasteiger partial charge in [-0.15, -0.1) is 0 Å². The molecule has 2 aromatic carbocycles. The van der Waals surface area contributed by atoms with Crippen LogP contribution in [0.4, 0.5) is 4.39 Å². The lowest BCUT2D eigenvalue weighted by molar-refractivity contribution is 0.101. The topological polar surface area (TPSA) is 35.5 Å². The van der Waals surface area contributed by atoms with E-state index < -0.39 is 0 Å². The maximum atomic E-state index is 13.0. The Kier molecular flexibility index (Phi) is 4.70. The molecule has 0 bridgehead atoms. The lowest BCUT2D eigenvalue weighted by atomic mass is 10.0. The van der Waals surface area contributed by atoms with Crippen LogP contribution in [-0.4, -0.2) is 12.4 Å². The van der Waals surface area contributed by atoms with Gasteiger partial charge in [0.25, 0.3) is 0 Å². The minimum absolute atomic E-state index is 0.173. The number of benzene rings is 2. The largest absolute Gasteiger partial charge is 0.489 e. The van der Waals surface area contributed by atoms with Crippen LogP contribution in [0.1, 0.15) is 35.3 Å². The fourth-order valence-corrected chi connectivity index (χ4v) is 2.58. The average Bonchev–Trinajstić information content (AvgIpc) is 2.85. The fourth-order valence-electron chi connectivity index (χ4n) is 2.58. The van der Waals surface area contributed by atoms with Gasteiger partial charge in [0.05, 0.1) is 5.56 Å². The summed E-state index contributed by atoms with van der Waals surface area (Å²) in [7, 11) is 0. The second-order valence-electron chi connectivity index (χ2n) is 6.20. The molecule has 2 aromatic rings. The van der Waals surface area contributed by atoms with Crippen LogP contribution in [0.25, 0.3) is 6.08 Å². The molecule has 0 spiro atoms. The Morgan fingerprint density at radius 1 is 1.20 bits per heavy atom. The van der Waals surface area contributed by atoms with Gasteiger partial charge in [-0.2, -0.15) is 0 Å². The Bertz CT molecular complexity index is 873. The van der Waals surface area contributed by atoms with Crippen molar-refractivity contribution in [3.8, 4) is 11.5 Å². The number of fused-ring (bicyclic) bond motifs is 1. The number of ketones is 1. The normalized spacial score (nSPS) is 14.2. The summed E-state index contributed by atoms with van der Waals surface area (Å²) in [4.78, 5) is 12.6. The highest BCUT2D eigenvalue weighted by molar-refractivity contribution is 6.15. The van der Waals surface area contributed by atoms with E-state index in [0.29, 0.717) is 29.2 Å². The van der Waals surface area contributed by atoms with Crippen molar-refractivity contribution in [1.82, 2.24) is 0 Å². The lowest BCUT2D eigenvalue weighted by Gasteiger charge is -2.07. The van der Waals surface area contributed by atoms with Gasteiger partial charge in [0.15, 0.2) is 5.76 Å². The Morgan fingerprint density at radius 3 is 2.60 bits per heavy atom. The number of hydrogen-bond acceptors (Lipinski definition) is 3. The summed E-state index contributed by atoms with van der Waals surface area (Å²) in [5.41, 5.74) is 3.23. The molecule has 0 unspecified atom stereocenters. The Hall–Kier alpha value is -2.88. The minimum atomic E-state index is -0.321. The highest BCUT2D eigenvalue weighted by atomic mass is 19.1. The predicted molar refractivity (Wildman–Crippen MR) is 95.4 cm³/mol. The average molecular weight is 338 g/mol. The van der Waals surface area contributed by atoms with Crippen LogP contribution in [0, 0.1) is 12.7 Å². The molecule has 1 aliphatic heterocycles. The van der Waals surface area contributed by atoms with Crippen LogP contribution in [0.5, 0.6) is 11.5 Å².